The van der Waals surface area contributed by atoms with E-state index in [1.165, 1.54) is 43.3 Å². The van der Waals surface area contributed by atoms with Crippen molar-refractivity contribution in [1.29, 1.82) is 5.26 Å². The number of benzene rings is 5. The van der Waals surface area contributed by atoms with Crippen molar-refractivity contribution in [3.63, 3.8) is 0 Å². The minimum absolute atomic E-state index is 0.00133. The van der Waals surface area contributed by atoms with Crippen LogP contribution < -0.4 is 4.74 Å². The quantitative estimate of drug-likeness (QED) is 0.0150. The van der Waals surface area contributed by atoms with E-state index >= 15 is 0 Å². The molecule has 0 radical (unpaired) electrons. The lowest BCUT2D eigenvalue weighted by molar-refractivity contribution is 0.282. The molecule has 5 aromatic carbocycles. The number of ether oxygens (including phenoxy) is 1. The van der Waals surface area contributed by atoms with Crippen molar-refractivity contribution in [3.05, 3.63) is 88.5 Å². The standard InChI is InChI=1S/C45H40N10O19S7.O3S/c1-22-13-32(51-53-38-23(2)29(19-46)43-47-39-36(80(68,69)70)8-6-25(20-56)41(39)55(43)44(38)58)34(74-9-3-11-77(59,60)61)17-30(22)49-52-33-14-26(21-57)31(18-35(33)75-10-4-12-78(62,63)64)50-54-45-48-40-37(81(71,72)73)15-24-5-7-27(79(65,66)67)16-28(24)42(40)76-45;1-4(2)3/h5-8,13-18,56-58H,3-4,9-12,20-21H2,1-2H3,(H,59,60,61)(H,62,63,64)(H,65,66,67)(H,68,69,70)(H,71,72,73);. The van der Waals surface area contributed by atoms with Crippen molar-refractivity contribution < 1.29 is 97.5 Å². The first kappa shape index (κ1) is 65.1. The summed E-state index contributed by atoms with van der Waals surface area (Å²) in [5.41, 5.74) is -1.25. The monoisotopic (exact) mass is 1330 g/mol. The zero-order chi connectivity index (χ0) is 62.7. The minimum Gasteiger partial charge on any atom is -0.493 e. The number of nitrogens with zero attached hydrogens (tertiary/aromatic N) is 10. The van der Waals surface area contributed by atoms with Gasteiger partial charge in [0.1, 0.15) is 43.9 Å². The average molecular weight is 1330 g/mol. The molecule has 0 amide bonds. The van der Waals surface area contributed by atoms with Gasteiger partial charge >= 0.3 is 10.6 Å². The first-order valence-corrected chi connectivity index (χ1v) is 33.6. The fourth-order valence-electron chi connectivity index (χ4n) is 8.00. The van der Waals surface area contributed by atoms with E-state index < -0.39 is 106 Å². The molecule has 32 nitrogen and oxygen atoms in total. The second-order valence-corrected chi connectivity index (χ2v) is 27.4. The lowest BCUT2D eigenvalue weighted by Gasteiger charge is -2.12. The molecule has 0 bridgehead atoms. The maximum atomic E-state index is 12.5. The average Bonchev–Trinajstić information content (AvgIpc) is 1.69. The highest BCUT2D eigenvalue weighted by Crippen LogP contribution is 2.45. The number of aryl methyl sites for hydroxylation is 1. The molecule has 0 spiro atoms. The van der Waals surface area contributed by atoms with Crippen LogP contribution in [0.1, 0.15) is 40.7 Å². The summed E-state index contributed by atoms with van der Waals surface area (Å²) in [5.74, 6) is -2.13. The number of pyridine rings is 1. The molecule has 8 aromatic rings. The van der Waals surface area contributed by atoms with Crippen LogP contribution in [0.5, 0.6) is 11.6 Å². The summed E-state index contributed by atoms with van der Waals surface area (Å²) in [4.78, 5) is 6.84. The third-order valence-corrected chi connectivity index (χ3v) is 18.1. The molecule has 0 aliphatic heterocycles. The molecule has 0 atom stereocenters. The van der Waals surface area contributed by atoms with Crippen molar-refractivity contribution >= 4 is 156 Å². The van der Waals surface area contributed by atoms with Gasteiger partial charge in [-0.15, -0.1) is 50.0 Å². The van der Waals surface area contributed by atoms with E-state index in [0.717, 1.165) is 51.8 Å². The van der Waals surface area contributed by atoms with Gasteiger partial charge in [0.2, 0.25) is 11.0 Å². The summed E-state index contributed by atoms with van der Waals surface area (Å²) in [6.45, 7) is 1.19. The first-order valence-electron chi connectivity index (χ1n) is 23.2. The van der Waals surface area contributed by atoms with E-state index in [1.807, 2.05) is 6.07 Å². The Morgan fingerprint density at radius 2 is 1.31 bits per heavy atom. The molecule has 85 heavy (non-hydrogen) atoms. The number of aliphatic hydroxyl groups excluding tert-OH is 2. The Morgan fingerprint density at radius 1 is 0.682 bits per heavy atom. The maximum absolute atomic E-state index is 12.5. The molecular weight excluding hydrogens is 1290 g/mol. The van der Waals surface area contributed by atoms with Crippen LogP contribution in [-0.2, 0) is 74.4 Å². The third kappa shape index (κ3) is 15.5. The SMILES string of the molecule is Cc1cc(N=Nc2c(C)c(C#N)c3nc4c(S(=O)(=O)O)ccc(CO)c4n3c2O)c(OCCCS(=O)(=O)O)cc1N=Nc1cc(CO)c(N=Nc2nc3c(S(=O)(=O)O)cc4ccc(S(=O)(=O)O)cc4c3s2)cc1SCCCS(=O)(=O)O.O=S(=O)=O. The van der Waals surface area contributed by atoms with Crippen molar-refractivity contribution in [2.24, 2.45) is 30.7 Å². The maximum Gasteiger partial charge on any atom is 0.425 e. The van der Waals surface area contributed by atoms with Crippen LogP contribution in [0.2, 0.25) is 0 Å². The van der Waals surface area contributed by atoms with Gasteiger partial charge in [0.05, 0.1) is 63.5 Å². The normalized spacial score (nSPS) is 12.8. The zero-order valence-corrected chi connectivity index (χ0v) is 49.5. The first-order chi connectivity index (χ1) is 39.6. The second kappa shape index (κ2) is 25.6. The van der Waals surface area contributed by atoms with Gasteiger partial charge in [-0.05, 0) is 85.9 Å². The molecule has 0 fully saturated rings. The predicted octanol–water partition coefficient (Wildman–Crippen LogP) is 7.44. The molecule has 3 heterocycles. The van der Waals surface area contributed by atoms with Crippen LogP contribution >= 0.6 is 23.1 Å². The summed E-state index contributed by atoms with van der Waals surface area (Å²) in [5, 5.41) is 68.4. The van der Waals surface area contributed by atoms with Gasteiger partial charge in [0, 0.05) is 33.0 Å². The van der Waals surface area contributed by atoms with E-state index in [1.54, 1.807) is 6.92 Å². The van der Waals surface area contributed by atoms with E-state index in [2.05, 4.69) is 40.7 Å². The number of nitriles is 1. The van der Waals surface area contributed by atoms with Crippen molar-refractivity contribution in [2.75, 3.05) is 23.9 Å². The number of rotatable bonds is 21. The smallest absolute Gasteiger partial charge is 0.425 e. The van der Waals surface area contributed by atoms with E-state index in [-0.39, 0.29) is 129 Å². The highest BCUT2D eigenvalue weighted by Gasteiger charge is 2.28. The van der Waals surface area contributed by atoms with Gasteiger partial charge in [-0.25, -0.2) is 9.97 Å². The van der Waals surface area contributed by atoms with Crippen LogP contribution in [0.4, 0.5) is 33.6 Å². The largest absolute Gasteiger partial charge is 0.493 e. The molecule has 450 valence electrons. The number of hydrogen-bond donors (Lipinski definition) is 8. The van der Waals surface area contributed by atoms with Gasteiger partial charge in [0.15, 0.2) is 11.3 Å². The predicted molar refractivity (Wildman–Crippen MR) is 300 cm³/mol. The summed E-state index contributed by atoms with van der Waals surface area (Å²) < 4.78 is 200. The Bertz CT molecular complexity index is 4910. The highest BCUT2D eigenvalue weighted by molar-refractivity contribution is 7.99. The summed E-state index contributed by atoms with van der Waals surface area (Å²) >= 11 is 1.76. The Labute approximate surface area is 489 Å². The molecule has 40 heteroatoms. The lowest BCUT2D eigenvalue weighted by atomic mass is 10.1. The summed E-state index contributed by atoms with van der Waals surface area (Å²) in [6, 6.07) is 13.9. The molecule has 3 aromatic heterocycles. The Kier molecular flexibility index (Phi) is 19.6. The van der Waals surface area contributed by atoms with Crippen molar-refractivity contribution in [2.45, 2.75) is 59.5 Å². The Balaban J connectivity index is 0.00000251. The molecule has 0 aliphatic carbocycles. The van der Waals surface area contributed by atoms with Gasteiger partial charge in [-0.2, -0.15) is 52.5 Å². The lowest BCUT2D eigenvalue weighted by Crippen LogP contribution is -2.08. The van der Waals surface area contributed by atoms with E-state index in [4.69, 9.17) is 17.4 Å². The Morgan fingerprint density at radius 3 is 1.92 bits per heavy atom. The highest BCUT2D eigenvalue weighted by atomic mass is 32.2. The number of hydrogen-bond acceptors (Lipinski definition) is 28. The molecule has 8 N–H and O–H groups in total. The van der Waals surface area contributed by atoms with Crippen LogP contribution in [0.15, 0.2) is 111 Å². The molecule has 0 saturated heterocycles. The zero-order valence-electron chi connectivity index (χ0n) is 43.0. The van der Waals surface area contributed by atoms with Crippen LogP contribution in [0.3, 0.4) is 0 Å². The molecule has 0 aliphatic rings. The van der Waals surface area contributed by atoms with Gasteiger partial charge in [-0.3, -0.25) is 27.2 Å². The molecule has 8 rings (SSSR count). The van der Waals surface area contributed by atoms with Crippen molar-refractivity contribution in [3.8, 4) is 17.7 Å². The number of azo groups is 3. The number of thiazole rings is 1. The number of aliphatic hydroxyl groups is 2. The fourth-order valence-corrected chi connectivity index (χ4v) is 12.9. The van der Waals surface area contributed by atoms with Crippen molar-refractivity contribution in [1.82, 2.24) is 14.4 Å². The number of aromatic hydroxyl groups is 1. The summed E-state index contributed by atoms with van der Waals surface area (Å²) in [6.07, 6.45) is -0.304. The second-order valence-electron chi connectivity index (χ2n) is 17.5. The van der Waals surface area contributed by atoms with Gasteiger partial charge < -0.3 is 20.1 Å². The summed E-state index contributed by atoms with van der Waals surface area (Å²) in [7, 11) is -26.5. The van der Waals surface area contributed by atoms with E-state index in [9.17, 15) is 85.4 Å². The fraction of sp³-hybridized carbons (Fsp3) is 0.222. The number of aromatic nitrogens is 3. The molecule has 0 saturated carbocycles. The topological polar surface area (TPSA) is 521 Å². The van der Waals surface area contributed by atoms with Crippen LogP contribution in [-0.4, -0.2) is 131 Å². The number of thioether (sulfide) groups is 1. The molecule has 0 unspecified atom stereocenters. The van der Waals surface area contributed by atoms with E-state index in [0.29, 0.717) is 5.56 Å². The van der Waals surface area contributed by atoms with Gasteiger partial charge in [0.25, 0.3) is 50.6 Å². The number of imidazole rings is 1. The van der Waals surface area contributed by atoms with Crippen LogP contribution in [0.25, 0.3) is 37.7 Å². The Hall–Kier alpha value is -7.47. The van der Waals surface area contributed by atoms with Crippen LogP contribution in [0, 0.1) is 25.2 Å². The van der Waals surface area contributed by atoms with Gasteiger partial charge in [-0.1, -0.05) is 23.5 Å². The third-order valence-electron chi connectivity index (χ3n) is 11.8. The number of fused-ring (bicyclic) bond motifs is 6. The minimum atomic E-state index is -4.93. The molecular formula is C45H40N10O22S8.